The molecule has 4 aromatic heterocycles. The summed E-state index contributed by atoms with van der Waals surface area (Å²) in [5, 5.41) is 13.8. The van der Waals surface area contributed by atoms with Crippen molar-refractivity contribution in [3.8, 4) is 16.8 Å². The summed E-state index contributed by atoms with van der Waals surface area (Å²) in [5.41, 5.74) is 13.6. The third-order valence-electron chi connectivity index (χ3n) is 12.7. The maximum Gasteiger partial charge on any atom is 0.135 e. The average molecular weight is 715 g/mol. The minimum absolute atomic E-state index is 0.865. The van der Waals surface area contributed by atoms with Gasteiger partial charge in [-0.1, -0.05) is 84.9 Å². The number of benzene rings is 9. The van der Waals surface area contributed by atoms with Gasteiger partial charge in [0.1, 0.15) is 22.5 Å². The number of allylic oxidation sites excluding steroid dienone is 1. The predicted molar refractivity (Wildman–Crippen MR) is 233 cm³/mol. The van der Waals surface area contributed by atoms with Crippen molar-refractivity contribution in [3.05, 3.63) is 163 Å². The molecule has 260 valence electrons. The van der Waals surface area contributed by atoms with Crippen molar-refractivity contribution in [2.24, 2.45) is 0 Å². The van der Waals surface area contributed by atoms with Gasteiger partial charge in [-0.2, -0.15) is 0 Å². The molecule has 0 amide bonds. The molecule has 0 saturated carbocycles. The van der Waals surface area contributed by atoms with Crippen molar-refractivity contribution in [1.82, 2.24) is 9.13 Å². The number of aromatic nitrogens is 2. The molecule has 9 aromatic carbocycles. The van der Waals surface area contributed by atoms with Crippen molar-refractivity contribution < 1.29 is 8.83 Å². The van der Waals surface area contributed by atoms with Crippen LogP contribution in [0.25, 0.3) is 127 Å². The fraction of sp³-hybridized carbons (Fsp3) is 0.0385. The van der Waals surface area contributed by atoms with Gasteiger partial charge < -0.3 is 18.0 Å². The number of fused-ring (bicyclic) bond motifs is 6. The van der Waals surface area contributed by atoms with Crippen LogP contribution in [-0.4, -0.2) is 9.13 Å². The second-order valence-corrected chi connectivity index (χ2v) is 15.6. The summed E-state index contributed by atoms with van der Waals surface area (Å²) in [5.74, 6) is 1.06. The Morgan fingerprint density at radius 2 is 0.875 bits per heavy atom. The number of hydrogen-bond donors (Lipinski definition) is 0. The number of aryl methyl sites for hydroxylation is 1. The molecule has 13 aromatic rings. The molecule has 0 bridgehead atoms. The standard InChI is InChI=1S/C52H30N2O2/c1-5-29-13-14-30-6-2-10-42-50(30)49(29)41(9-1)53(42)35-19-23-47-39(27-35)37-25-33(17-21-45(37)55-47)34-18-22-46-38(26-34)40-28-36(20-24-48(40)56-46)54-43-11-3-7-31-15-16-32-8-4-12-44(54)52(32)51(31)43/h1-19,21-23,25-28H,20,24H2. The summed E-state index contributed by atoms with van der Waals surface area (Å²) in [6.45, 7) is 0. The summed E-state index contributed by atoms with van der Waals surface area (Å²) >= 11 is 0. The summed E-state index contributed by atoms with van der Waals surface area (Å²) in [6.07, 6.45) is 4.16. The molecule has 4 heterocycles. The summed E-state index contributed by atoms with van der Waals surface area (Å²) in [4.78, 5) is 0. The lowest BCUT2D eigenvalue weighted by atomic mass is 9.96. The van der Waals surface area contributed by atoms with Gasteiger partial charge in [0.2, 0.25) is 0 Å². The van der Waals surface area contributed by atoms with E-state index in [0.29, 0.717) is 0 Å². The predicted octanol–water partition coefficient (Wildman–Crippen LogP) is 14.3. The van der Waals surface area contributed by atoms with Crippen LogP contribution in [0.1, 0.15) is 17.7 Å². The van der Waals surface area contributed by atoms with Crippen LogP contribution in [0.15, 0.2) is 160 Å². The van der Waals surface area contributed by atoms with Crippen LogP contribution in [0.5, 0.6) is 0 Å². The molecule has 56 heavy (non-hydrogen) atoms. The molecule has 0 aliphatic heterocycles. The highest BCUT2D eigenvalue weighted by molar-refractivity contribution is 6.26. The molecular formula is C52H30N2O2. The van der Waals surface area contributed by atoms with Crippen LogP contribution in [0, 0.1) is 0 Å². The van der Waals surface area contributed by atoms with Crippen molar-refractivity contribution in [2.45, 2.75) is 12.8 Å². The molecule has 4 heteroatoms. The van der Waals surface area contributed by atoms with E-state index >= 15 is 0 Å². The summed E-state index contributed by atoms with van der Waals surface area (Å²) in [6, 6.07) is 55.5. The average Bonchev–Trinajstić information content (AvgIpc) is 4.00. The Balaban J connectivity index is 0.920. The van der Waals surface area contributed by atoms with E-state index in [1.54, 1.807) is 0 Å². The molecule has 0 unspecified atom stereocenters. The zero-order chi connectivity index (χ0) is 36.2. The van der Waals surface area contributed by atoms with E-state index < -0.39 is 0 Å². The normalized spacial score (nSPS) is 13.7. The van der Waals surface area contributed by atoms with E-state index in [-0.39, 0.29) is 0 Å². The Morgan fingerprint density at radius 3 is 1.45 bits per heavy atom. The lowest BCUT2D eigenvalue weighted by Crippen LogP contribution is -2.03. The molecule has 4 nitrogen and oxygen atoms in total. The molecular weight excluding hydrogens is 685 g/mol. The van der Waals surface area contributed by atoms with Crippen molar-refractivity contribution in [2.75, 3.05) is 0 Å². The van der Waals surface area contributed by atoms with Gasteiger partial charge >= 0.3 is 0 Å². The number of nitrogens with zero attached hydrogens (tertiary/aromatic N) is 2. The highest BCUT2D eigenvalue weighted by atomic mass is 16.3. The molecule has 0 N–H and O–H groups in total. The summed E-state index contributed by atoms with van der Waals surface area (Å²) in [7, 11) is 0. The van der Waals surface area contributed by atoms with Crippen LogP contribution < -0.4 is 0 Å². The van der Waals surface area contributed by atoms with Gasteiger partial charge in [-0.3, -0.25) is 0 Å². The van der Waals surface area contributed by atoms with E-state index in [0.717, 1.165) is 68.3 Å². The lowest BCUT2D eigenvalue weighted by molar-refractivity contribution is 0.546. The number of hydrogen-bond acceptors (Lipinski definition) is 2. The first-order valence-electron chi connectivity index (χ1n) is 19.5. The quantitative estimate of drug-likeness (QED) is 0.171. The molecule has 14 rings (SSSR count). The van der Waals surface area contributed by atoms with Crippen molar-refractivity contribution >= 4 is 110 Å². The molecule has 0 saturated heterocycles. The zero-order valence-corrected chi connectivity index (χ0v) is 30.1. The fourth-order valence-corrected chi connectivity index (χ4v) is 10.3. The topological polar surface area (TPSA) is 36.1 Å². The van der Waals surface area contributed by atoms with Gasteiger partial charge in [0, 0.05) is 61.1 Å². The van der Waals surface area contributed by atoms with Crippen molar-refractivity contribution in [1.29, 1.82) is 0 Å². The number of furan rings is 2. The first kappa shape index (κ1) is 29.1. The molecule has 0 radical (unpaired) electrons. The molecule has 1 aliphatic rings. The van der Waals surface area contributed by atoms with Crippen molar-refractivity contribution in [3.63, 3.8) is 0 Å². The second kappa shape index (κ2) is 10.3. The minimum Gasteiger partial charge on any atom is -0.460 e. The van der Waals surface area contributed by atoms with Crippen LogP contribution in [-0.2, 0) is 6.42 Å². The smallest absolute Gasteiger partial charge is 0.135 e. The van der Waals surface area contributed by atoms with Gasteiger partial charge in [-0.05, 0) is 112 Å². The van der Waals surface area contributed by atoms with E-state index in [1.807, 2.05) is 0 Å². The minimum atomic E-state index is 0.865. The highest BCUT2D eigenvalue weighted by Crippen LogP contribution is 2.44. The van der Waals surface area contributed by atoms with E-state index in [9.17, 15) is 0 Å². The summed E-state index contributed by atoms with van der Waals surface area (Å²) < 4.78 is 17.9. The monoisotopic (exact) mass is 714 g/mol. The van der Waals surface area contributed by atoms with Crippen LogP contribution >= 0.6 is 0 Å². The molecule has 1 aliphatic carbocycles. The van der Waals surface area contributed by atoms with E-state index in [1.165, 1.54) is 76.4 Å². The zero-order valence-electron chi connectivity index (χ0n) is 30.1. The van der Waals surface area contributed by atoms with Crippen LogP contribution in [0.4, 0.5) is 0 Å². The van der Waals surface area contributed by atoms with Gasteiger partial charge in [-0.25, -0.2) is 0 Å². The van der Waals surface area contributed by atoms with Gasteiger partial charge in [0.05, 0.1) is 22.1 Å². The molecule has 0 spiro atoms. The Kier molecular flexibility index (Phi) is 5.33. The van der Waals surface area contributed by atoms with E-state index in [2.05, 4.69) is 167 Å². The van der Waals surface area contributed by atoms with Crippen LogP contribution in [0.2, 0.25) is 0 Å². The Hall–Kier alpha value is -7.30. The SMILES string of the molecule is C1=C(n2c3cccc4ccc5cccc2c5c43)CCc2oc3ccc(-c4ccc5oc6ccc(-n7c8cccc9ccc%10cccc7c%10c98)cc6c5c4)cc3c21. The van der Waals surface area contributed by atoms with Gasteiger partial charge in [0.25, 0.3) is 0 Å². The third-order valence-corrected chi connectivity index (χ3v) is 12.7. The van der Waals surface area contributed by atoms with Gasteiger partial charge in [-0.15, -0.1) is 0 Å². The van der Waals surface area contributed by atoms with E-state index in [4.69, 9.17) is 8.83 Å². The highest BCUT2D eigenvalue weighted by Gasteiger charge is 2.24. The number of rotatable bonds is 3. The van der Waals surface area contributed by atoms with Crippen LogP contribution in [0.3, 0.4) is 0 Å². The second-order valence-electron chi connectivity index (χ2n) is 15.6. The Labute approximate surface area is 319 Å². The Morgan fingerprint density at radius 1 is 0.393 bits per heavy atom. The third kappa shape index (κ3) is 3.68. The van der Waals surface area contributed by atoms with Gasteiger partial charge in [0.15, 0.2) is 0 Å². The Bertz CT molecular complexity index is 3690. The maximum atomic E-state index is 6.53. The molecule has 0 fully saturated rings. The first-order chi connectivity index (χ1) is 27.7. The lowest BCUT2D eigenvalue weighted by Gasteiger charge is -2.16. The largest absolute Gasteiger partial charge is 0.460 e. The maximum absolute atomic E-state index is 6.53. The molecule has 0 atom stereocenters. The fourth-order valence-electron chi connectivity index (χ4n) is 10.3. The first-order valence-corrected chi connectivity index (χ1v) is 19.5.